The second-order valence-corrected chi connectivity index (χ2v) is 7.45. The van der Waals surface area contributed by atoms with E-state index in [2.05, 4.69) is 10.6 Å². The fourth-order valence-electron chi connectivity index (χ4n) is 2.54. The van der Waals surface area contributed by atoms with Crippen LogP contribution in [-0.2, 0) is 14.6 Å². The molecule has 0 aromatic heterocycles. The third-order valence-corrected chi connectivity index (χ3v) is 5.51. The van der Waals surface area contributed by atoms with E-state index in [0.717, 1.165) is 12.0 Å². The van der Waals surface area contributed by atoms with Crippen LogP contribution in [0.15, 0.2) is 29.2 Å². The molecule has 1 heterocycles. The Hall–Kier alpha value is -1.40. The lowest BCUT2D eigenvalue weighted by Crippen LogP contribution is -2.45. The van der Waals surface area contributed by atoms with E-state index < -0.39 is 9.84 Å². The van der Waals surface area contributed by atoms with Crippen LogP contribution in [-0.4, -0.2) is 32.7 Å². The van der Waals surface area contributed by atoms with Gasteiger partial charge in [-0.05, 0) is 31.4 Å². The van der Waals surface area contributed by atoms with Crippen molar-refractivity contribution in [2.45, 2.75) is 43.7 Å². The minimum atomic E-state index is -3.19. The van der Waals surface area contributed by atoms with Crippen LogP contribution in [0.25, 0.3) is 0 Å². The number of carbonyl (C=O) groups is 1. The van der Waals surface area contributed by atoms with Gasteiger partial charge in [-0.15, -0.1) is 0 Å². The Kier molecular flexibility index (Phi) is 5.00. The summed E-state index contributed by atoms with van der Waals surface area (Å²) in [5.74, 6) is 0.0631. The summed E-state index contributed by atoms with van der Waals surface area (Å²) in [6.45, 7) is 4.46. The molecule has 2 unspecified atom stereocenters. The zero-order valence-corrected chi connectivity index (χ0v) is 13.2. The largest absolute Gasteiger partial charge is 0.355 e. The number of amides is 1. The summed E-state index contributed by atoms with van der Waals surface area (Å²) in [4.78, 5) is 12.3. The molecule has 0 saturated carbocycles. The summed E-state index contributed by atoms with van der Waals surface area (Å²) in [5.41, 5.74) is 0.763. The lowest BCUT2D eigenvalue weighted by molar-refractivity contribution is -0.122. The van der Waals surface area contributed by atoms with E-state index in [1.54, 1.807) is 19.1 Å². The zero-order valence-electron chi connectivity index (χ0n) is 12.4. The van der Waals surface area contributed by atoms with E-state index in [4.69, 9.17) is 0 Å². The second kappa shape index (κ2) is 6.58. The van der Waals surface area contributed by atoms with E-state index in [-0.39, 0.29) is 23.7 Å². The highest BCUT2D eigenvalue weighted by molar-refractivity contribution is 7.91. The maximum atomic E-state index is 12.1. The highest BCUT2D eigenvalue weighted by atomic mass is 32.2. The molecule has 6 heteroatoms. The molecule has 2 N–H and O–H groups in total. The Labute approximate surface area is 126 Å². The molecule has 116 valence electrons. The number of benzene rings is 1. The van der Waals surface area contributed by atoms with Gasteiger partial charge in [-0.25, -0.2) is 8.42 Å². The average molecular weight is 310 g/mol. The highest BCUT2D eigenvalue weighted by Crippen LogP contribution is 2.32. The molecular formula is C15H22N2O3S. The maximum Gasteiger partial charge on any atom is 0.236 e. The molecule has 0 radical (unpaired) electrons. The van der Waals surface area contributed by atoms with E-state index in [0.29, 0.717) is 17.9 Å². The lowest BCUT2D eigenvalue weighted by atomic mass is 10.0. The Bertz CT molecular complexity index is 613. The quantitative estimate of drug-likeness (QED) is 0.862. The van der Waals surface area contributed by atoms with Crippen LogP contribution in [0.5, 0.6) is 0 Å². The Balaban J connectivity index is 2.14. The van der Waals surface area contributed by atoms with Crippen molar-refractivity contribution in [2.75, 3.05) is 12.3 Å². The molecule has 1 aliphatic heterocycles. The predicted octanol–water partition coefficient (Wildman–Crippen LogP) is 1.41. The minimum Gasteiger partial charge on any atom is -0.355 e. The van der Waals surface area contributed by atoms with Crippen molar-refractivity contribution >= 4 is 15.7 Å². The fraction of sp³-hybridized carbons (Fsp3) is 0.533. The third-order valence-electron chi connectivity index (χ3n) is 3.70. The van der Waals surface area contributed by atoms with Crippen LogP contribution in [0.1, 0.15) is 38.3 Å². The first kappa shape index (κ1) is 16.0. The molecule has 21 heavy (non-hydrogen) atoms. The first-order chi connectivity index (χ1) is 9.95. The van der Waals surface area contributed by atoms with Gasteiger partial charge in [0.15, 0.2) is 9.84 Å². The summed E-state index contributed by atoms with van der Waals surface area (Å²) in [6, 6.07) is 6.56. The summed E-state index contributed by atoms with van der Waals surface area (Å²) < 4.78 is 24.1. The molecule has 2 rings (SSSR count). The summed E-state index contributed by atoms with van der Waals surface area (Å²) >= 11 is 0. The number of sulfone groups is 1. The van der Waals surface area contributed by atoms with Crippen molar-refractivity contribution in [3.05, 3.63) is 29.8 Å². The van der Waals surface area contributed by atoms with Gasteiger partial charge in [0.2, 0.25) is 5.91 Å². The Morgan fingerprint density at radius 2 is 2.10 bits per heavy atom. The molecule has 1 aromatic rings. The van der Waals surface area contributed by atoms with Crippen LogP contribution in [0, 0.1) is 0 Å². The van der Waals surface area contributed by atoms with Crippen LogP contribution in [0.2, 0.25) is 0 Å². The maximum absolute atomic E-state index is 12.1. The van der Waals surface area contributed by atoms with Crippen molar-refractivity contribution in [3.63, 3.8) is 0 Å². The number of rotatable bonds is 5. The molecule has 0 spiro atoms. The summed E-state index contributed by atoms with van der Waals surface area (Å²) in [5, 5.41) is 6.09. The number of hydrogen-bond donors (Lipinski definition) is 2. The first-order valence-corrected chi connectivity index (χ1v) is 8.96. The molecule has 0 saturated heterocycles. The van der Waals surface area contributed by atoms with Gasteiger partial charge in [0, 0.05) is 12.6 Å². The molecule has 2 atom stereocenters. The van der Waals surface area contributed by atoms with E-state index in [9.17, 15) is 13.2 Å². The molecule has 1 aliphatic rings. The summed E-state index contributed by atoms with van der Waals surface area (Å²) in [7, 11) is -3.19. The van der Waals surface area contributed by atoms with Crippen LogP contribution in [0.3, 0.4) is 0 Å². The van der Waals surface area contributed by atoms with Gasteiger partial charge in [0.1, 0.15) is 0 Å². The van der Waals surface area contributed by atoms with Gasteiger partial charge in [-0.2, -0.15) is 0 Å². The SMILES string of the molecule is CCCNC(=O)C(C)NC1CCS(=O)(=O)c2ccccc21. The van der Waals surface area contributed by atoms with Crippen molar-refractivity contribution in [1.29, 1.82) is 0 Å². The van der Waals surface area contributed by atoms with Crippen LogP contribution < -0.4 is 10.6 Å². The van der Waals surface area contributed by atoms with Gasteiger partial charge < -0.3 is 5.32 Å². The van der Waals surface area contributed by atoms with Crippen molar-refractivity contribution in [3.8, 4) is 0 Å². The van der Waals surface area contributed by atoms with Crippen LogP contribution >= 0.6 is 0 Å². The van der Waals surface area contributed by atoms with Gasteiger partial charge >= 0.3 is 0 Å². The highest BCUT2D eigenvalue weighted by Gasteiger charge is 2.31. The molecule has 0 fully saturated rings. The zero-order chi connectivity index (χ0) is 15.5. The first-order valence-electron chi connectivity index (χ1n) is 7.31. The minimum absolute atomic E-state index is 0.0530. The standard InChI is InChI=1S/C15H22N2O3S/c1-3-9-16-15(18)11(2)17-13-8-10-21(19,20)14-7-5-4-6-12(13)14/h4-7,11,13,17H,3,8-10H2,1-2H3,(H,16,18). The monoisotopic (exact) mass is 310 g/mol. The van der Waals surface area contributed by atoms with Crippen molar-refractivity contribution < 1.29 is 13.2 Å². The van der Waals surface area contributed by atoms with Crippen molar-refractivity contribution in [2.24, 2.45) is 0 Å². The molecule has 5 nitrogen and oxygen atoms in total. The molecular weight excluding hydrogens is 288 g/mol. The van der Waals surface area contributed by atoms with Gasteiger partial charge in [-0.1, -0.05) is 25.1 Å². The summed E-state index contributed by atoms with van der Waals surface area (Å²) in [6.07, 6.45) is 1.38. The second-order valence-electron chi connectivity index (χ2n) is 5.38. The smallest absolute Gasteiger partial charge is 0.236 e. The fourth-order valence-corrected chi connectivity index (χ4v) is 4.16. The van der Waals surface area contributed by atoms with Gasteiger partial charge in [0.05, 0.1) is 16.7 Å². The van der Waals surface area contributed by atoms with Crippen molar-refractivity contribution in [1.82, 2.24) is 10.6 Å². The number of fused-ring (bicyclic) bond motifs is 1. The van der Waals surface area contributed by atoms with E-state index >= 15 is 0 Å². The molecule has 1 aromatic carbocycles. The van der Waals surface area contributed by atoms with Gasteiger partial charge in [-0.3, -0.25) is 10.1 Å². The van der Waals surface area contributed by atoms with E-state index in [1.807, 2.05) is 19.1 Å². The topological polar surface area (TPSA) is 75.3 Å². The molecule has 0 aliphatic carbocycles. The molecule has 1 amide bonds. The lowest BCUT2D eigenvalue weighted by Gasteiger charge is -2.28. The number of hydrogen-bond acceptors (Lipinski definition) is 4. The molecule has 0 bridgehead atoms. The Morgan fingerprint density at radius 3 is 2.81 bits per heavy atom. The normalized spacial score (nSPS) is 21.3. The number of nitrogens with one attached hydrogen (secondary N) is 2. The average Bonchev–Trinajstić information content (AvgIpc) is 2.48. The van der Waals surface area contributed by atoms with Crippen LogP contribution in [0.4, 0.5) is 0 Å². The van der Waals surface area contributed by atoms with Gasteiger partial charge in [0.25, 0.3) is 0 Å². The number of carbonyl (C=O) groups excluding carboxylic acids is 1. The predicted molar refractivity (Wildman–Crippen MR) is 81.8 cm³/mol. The van der Waals surface area contributed by atoms with E-state index in [1.165, 1.54) is 0 Å². The third kappa shape index (κ3) is 3.63. The Morgan fingerprint density at radius 1 is 1.38 bits per heavy atom.